The first-order valence-electron chi connectivity index (χ1n) is 11.6. The molecule has 0 unspecified atom stereocenters. The number of carbonyl (C=O) groups is 1. The van der Waals surface area contributed by atoms with E-state index >= 15 is 0 Å². The Balaban J connectivity index is 0.00000450. The molecule has 1 fully saturated rings. The summed E-state index contributed by atoms with van der Waals surface area (Å²) in [7, 11) is 0. The maximum atomic E-state index is 12.8. The normalized spacial score (nSPS) is 14.1. The highest BCUT2D eigenvalue weighted by molar-refractivity contribution is 5.89. The molecule has 1 amide bonds. The highest BCUT2D eigenvalue weighted by Gasteiger charge is 2.20. The van der Waals surface area contributed by atoms with Crippen molar-refractivity contribution in [2.75, 3.05) is 44.3 Å². The fourth-order valence-electron chi connectivity index (χ4n) is 3.75. The van der Waals surface area contributed by atoms with E-state index < -0.39 is 0 Å². The molecule has 0 N–H and O–H groups in total. The fourth-order valence-corrected chi connectivity index (χ4v) is 3.75. The van der Waals surface area contributed by atoms with Crippen LogP contribution >= 0.6 is 12.4 Å². The number of unbranched alkanes of at least 4 members (excludes halogenated alkanes) is 4. The smallest absolute Gasteiger partial charge is 0.414 e. The summed E-state index contributed by atoms with van der Waals surface area (Å²) in [6, 6.07) is 7.81. The summed E-state index contributed by atoms with van der Waals surface area (Å²) in [5.41, 5.74) is 0.811. The maximum Gasteiger partial charge on any atom is 0.414 e. The minimum atomic E-state index is -0.275. The maximum absolute atomic E-state index is 12.8. The van der Waals surface area contributed by atoms with Crippen LogP contribution in [0.4, 0.5) is 10.5 Å². The summed E-state index contributed by atoms with van der Waals surface area (Å²) in [5.74, 6) is 0.768. The predicted octanol–water partition coefficient (Wildman–Crippen LogP) is 6.30. The number of rotatable bonds is 13. The molecule has 5 nitrogen and oxygen atoms in total. The quantitative estimate of drug-likeness (QED) is 0.337. The minimum absolute atomic E-state index is 0. The van der Waals surface area contributed by atoms with Gasteiger partial charge in [0.2, 0.25) is 0 Å². The van der Waals surface area contributed by atoms with Crippen molar-refractivity contribution in [1.29, 1.82) is 0 Å². The van der Waals surface area contributed by atoms with Crippen molar-refractivity contribution >= 4 is 24.2 Å². The molecule has 0 aliphatic carbocycles. The summed E-state index contributed by atoms with van der Waals surface area (Å²) in [4.78, 5) is 16.9. The van der Waals surface area contributed by atoms with Gasteiger partial charge in [0.15, 0.2) is 0 Å². The van der Waals surface area contributed by atoms with Crippen LogP contribution in [0.15, 0.2) is 24.3 Å². The number of anilines is 1. The molecule has 1 aliphatic rings. The molecule has 0 aromatic heterocycles. The van der Waals surface area contributed by atoms with Crippen molar-refractivity contribution in [2.24, 2.45) is 0 Å². The van der Waals surface area contributed by atoms with E-state index in [-0.39, 0.29) is 18.5 Å². The Morgan fingerprint density at radius 3 is 2.43 bits per heavy atom. The molecule has 6 heteroatoms. The van der Waals surface area contributed by atoms with E-state index in [2.05, 4.69) is 18.7 Å². The van der Waals surface area contributed by atoms with E-state index in [4.69, 9.17) is 9.47 Å². The Labute approximate surface area is 189 Å². The molecule has 1 aliphatic heterocycles. The lowest BCUT2D eigenvalue weighted by atomic mass is 10.1. The van der Waals surface area contributed by atoms with Gasteiger partial charge in [0.1, 0.15) is 12.4 Å². The van der Waals surface area contributed by atoms with E-state index in [1.165, 1.54) is 44.9 Å². The Morgan fingerprint density at radius 1 is 0.967 bits per heavy atom. The summed E-state index contributed by atoms with van der Waals surface area (Å²) < 4.78 is 11.7. The number of halogens is 1. The molecular weight excluding hydrogens is 400 g/mol. The second kappa shape index (κ2) is 16.3. The highest BCUT2D eigenvalue weighted by atomic mass is 35.5. The summed E-state index contributed by atoms with van der Waals surface area (Å²) >= 11 is 0. The van der Waals surface area contributed by atoms with Crippen LogP contribution in [0.5, 0.6) is 5.75 Å². The van der Waals surface area contributed by atoms with Crippen molar-refractivity contribution in [3.05, 3.63) is 24.3 Å². The monoisotopic (exact) mass is 440 g/mol. The van der Waals surface area contributed by atoms with Crippen LogP contribution in [0, 0.1) is 0 Å². The van der Waals surface area contributed by atoms with Gasteiger partial charge in [-0.25, -0.2) is 4.79 Å². The van der Waals surface area contributed by atoms with Crippen LogP contribution in [0.1, 0.15) is 71.6 Å². The molecule has 1 aromatic carbocycles. The van der Waals surface area contributed by atoms with Crippen molar-refractivity contribution in [1.82, 2.24) is 4.90 Å². The van der Waals surface area contributed by atoms with Gasteiger partial charge in [0.05, 0.1) is 12.3 Å². The molecule has 0 saturated carbocycles. The van der Waals surface area contributed by atoms with Gasteiger partial charge in [-0.3, -0.25) is 9.80 Å². The number of hydrogen-bond donors (Lipinski definition) is 0. The van der Waals surface area contributed by atoms with Gasteiger partial charge in [-0.1, -0.05) is 58.1 Å². The lowest BCUT2D eigenvalue weighted by molar-refractivity contribution is 0.126. The topological polar surface area (TPSA) is 42.0 Å². The molecule has 1 aromatic rings. The zero-order chi connectivity index (χ0) is 20.7. The minimum Gasteiger partial charge on any atom is -0.491 e. The molecule has 0 atom stereocenters. The van der Waals surface area contributed by atoms with E-state index in [0.717, 1.165) is 43.9 Å². The molecule has 0 radical (unpaired) electrons. The van der Waals surface area contributed by atoms with Crippen molar-refractivity contribution in [3.63, 3.8) is 0 Å². The van der Waals surface area contributed by atoms with Crippen LogP contribution in [0.3, 0.4) is 0 Å². The zero-order valence-electron chi connectivity index (χ0n) is 18.9. The van der Waals surface area contributed by atoms with Crippen molar-refractivity contribution in [3.8, 4) is 5.75 Å². The number of para-hydroxylation sites is 2. The molecule has 0 bridgehead atoms. The number of nitrogens with zero attached hydrogens (tertiary/aromatic N) is 2. The molecule has 172 valence electrons. The number of benzene rings is 1. The molecule has 1 heterocycles. The number of amides is 1. The first-order chi connectivity index (χ1) is 14.3. The fraction of sp³-hybridized carbons (Fsp3) is 0.708. The molecule has 0 spiro atoms. The second-order valence-electron chi connectivity index (χ2n) is 7.90. The SMILES string of the molecule is CCCCCCCOc1ccccc1N(CCC)C(=O)OCCN1CCCCC1.Cl. The van der Waals surface area contributed by atoms with E-state index in [1.54, 1.807) is 4.90 Å². The largest absolute Gasteiger partial charge is 0.491 e. The summed E-state index contributed by atoms with van der Waals surface area (Å²) in [6.45, 7) is 9.10. The Hall–Kier alpha value is -1.46. The first kappa shape index (κ1) is 26.6. The van der Waals surface area contributed by atoms with Gasteiger partial charge in [0.25, 0.3) is 0 Å². The molecular formula is C24H41ClN2O3. The van der Waals surface area contributed by atoms with Gasteiger partial charge >= 0.3 is 6.09 Å². The van der Waals surface area contributed by atoms with Gasteiger partial charge in [0, 0.05) is 13.1 Å². The van der Waals surface area contributed by atoms with Gasteiger partial charge in [-0.05, 0) is 50.9 Å². The van der Waals surface area contributed by atoms with E-state index in [9.17, 15) is 4.79 Å². The molecule has 2 rings (SSSR count). The lowest BCUT2D eigenvalue weighted by Crippen LogP contribution is -2.36. The van der Waals surface area contributed by atoms with Crippen LogP contribution < -0.4 is 9.64 Å². The number of hydrogen-bond acceptors (Lipinski definition) is 4. The third-order valence-electron chi connectivity index (χ3n) is 5.41. The average molecular weight is 441 g/mol. The van der Waals surface area contributed by atoms with E-state index in [0.29, 0.717) is 19.8 Å². The van der Waals surface area contributed by atoms with Crippen LogP contribution in [0.25, 0.3) is 0 Å². The highest BCUT2D eigenvalue weighted by Crippen LogP contribution is 2.29. The Morgan fingerprint density at radius 2 is 1.70 bits per heavy atom. The summed E-state index contributed by atoms with van der Waals surface area (Å²) in [6.07, 6.45) is 10.4. The van der Waals surface area contributed by atoms with Crippen molar-refractivity contribution in [2.45, 2.75) is 71.6 Å². The number of piperidine rings is 1. The average Bonchev–Trinajstić information content (AvgIpc) is 2.75. The third kappa shape index (κ3) is 9.57. The first-order valence-corrected chi connectivity index (χ1v) is 11.6. The Kier molecular flexibility index (Phi) is 14.4. The predicted molar refractivity (Wildman–Crippen MR) is 127 cm³/mol. The number of likely N-dealkylation sites (tertiary alicyclic amines) is 1. The van der Waals surface area contributed by atoms with Crippen molar-refractivity contribution < 1.29 is 14.3 Å². The molecule has 1 saturated heterocycles. The number of ether oxygens (including phenoxy) is 2. The third-order valence-corrected chi connectivity index (χ3v) is 5.41. The van der Waals surface area contributed by atoms with Gasteiger partial charge in [-0.2, -0.15) is 0 Å². The van der Waals surface area contributed by atoms with Gasteiger partial charge < -0.3 is 9.47 Å². The summed E-state index contributed by atoms with van der Waals surface area (Å²) in [5, 5.41) is 0. The van der Waals surface area contributed by atoms with Gasteiger partial charge in [-0.15, -0.1) is 12.4 Å². The van der Waals surface area contributed by atoms with E-state index in [1.807, 2.05) is 24.3 Å². The van der Waals surface area contributed by atoms with Crippen LogP contribution in [0.2, 0.25) is 0 Å². The lowest BCUT2D eigenvalue weighted by Gasteiger charge is -2.27. The Bertz CT molecular complexity index is 579. The second-order valence-corrected chi connectivity index (χ2v) is 7.90. The number of carbonyl (C=O) groups excluding carboxylic acids is 1. The van der Waals surface area contributed by atoms with Crippen LogP contribution in [-0.4, -0.2) is 50.4 Å². The molecule has 30 heavy (non-hydrogen) atoms. The standard InChI is InChI=1S/C24H40N2O3.ClH/c1-3-5-6-7-13-20-28-23-15-10-9-14-22(23)26(16-4-2)24(27)29-21-19-25-17-11-8-12-18-25;/h9-10,14-15H,3-8,11-13,16-21H2,1-2H3;1H. The zero-order valence-corrected chi connectivity index (χ0v) is 19.8. The van der Waals surface area contributed by atoms with Crippen LogP contribution in [-0.2, 0) is 4.74 Å².